The number of anilines is 1. The summed E-state index contributed by atoms with van der Waals surface area (Å²) in [5.41, 5.74) is 8.50. The summed E-state index contributed by atoms with van der Waals surface area (Å²) in [7, 11) is 1.62. The molecule has 0 bridgehead atoms. The molecule has 0 unspecified atom stereocenters. The number of hydrogen-bond acceptors (Lipinski definition) is 4. The van der Waals surface area contributed by atoms with Crippen LogP contribution in [0.1, 0.15) is 0 Å². The summed E-state index contributed by atoms with van der Waals surface area (Å²) in [6.45, 7) is 0. The molecule has 3 aromatic rings. The average molecular weight is 345 g/mol. The molecular weight excluding hydrogens is 332 g/mol. The summed E-state index contributed by atoms with van der Waals surface area (Å²) < 4.78 is 11.8. The molecule has 0 aliphatic heterocycles. The highest BCUT2D eigenvalue weighted by atomic mass is 79.9. The normalized spacial score (nSPS) is 10.6. The highest BCUT2D eigenvalue weighted by Crippen LogP contribution is 2.42. The number of para-hydroxylation sites is 1. The van der Waals surface area contributed by atoms with Gasteiger partial charge in [0.05, 0.1) is 18.2 Å². The molecule has 0 atom stereocenters. The van der Waals surface area contributed by atoms with Crippen molar-refractivity contribution in [2.75, 3.05) is 12.8 Å². The van der Waals surface area contributed by atoms with Gasteiger partial charge in [-0.1, -0.05) is 51.4 Å². The largest absolute Gasteiger partial charge is 0.496 e. The Labute approximate surface area is 130 Å². The molecule has 21 heavy (non-hydrogen) atoms. The average Bonchev–Trinajstić information content (AvgIpc) is 2.89. The van der Waals surface area contributed by atoms with Crippen LogP contribution in [0.25, 0.3) is 22.5 Å². The van der Waals surface area contributed by atoms with Crippen LogP contribution in [0.4, 0.5) is 5.82 Å². The molecule has 0 aliphatic carbocycles. The Balaban J connectivity index is 2.25. The second-order valence-corrected chi connectivity index (χ2v) is 5.31. The SMILES string of the molecule is COc1ccccc1-c1onc(N)c1-c1ccccc1Br. The second-order valence-electron chi connectivity index (χ2n) is 4.45. The van der Waals surface area contributed by atoms with E-state index in [-0.39, 0.29) is 0 Å². The Morgan fingerprint density at radius 3 is 2.43 bits per heavy atom. The van der Waals surface area contributed by atoms with Crippen molar-refractivity contribution in [3.05, 3.63) is 53.0 Å². The summed E-state index contributed by atoms with van der Waals surface area (Å²) in [5.74, 6) is 1.65. The lowest BCUT2D eigenvalue weighted by atomic mass is 10.0. The van der Waals surface area contributed by atoms with Gasteiger partial charge in [-0.3, -0.25) is 0 Å². The first kappa shape index (κ1) is 13.7. The van der Waals surface area contributed by atoms with Crippen LogP contribution in [0.2, 0.25) is 0 Å². The zero-order valence-corrected chi connectivity index (χ0v) is 12.9. The standard InChI is InChI=1S/C16H13BrN2O2/c1-20-13-9-5-3-7-11(13)15-14(16(18)19-21-15)10-6-2-4-8-12(10)17/h2-9H,1H3,(H2,18,19). The third-order valence-electron chi connectivity index (χ3n) is 3.21. The van der Waals surface area contributed by atoms with Crippen molar-refractivity contribution in [2.45, 2.75) is 0 Å². The molecule has 106 valence electrons. The van der Waals surface area contributed by atoms with Gasteiger partial charge in [0, 0.05) is 10.0 Å². The van der Waals surface area contributed by atoms with E-state index in [0.29, 0.717) is 17.3 Å². The number of benzene rings is 2. The van der Waals surface area contributed by atoms with Crippen LogP contribution in [-0.4, -0.2) is 12.3 Å². The zero-order valence-electron chi connectivity index (χ0n) is 11.3. The lowest BCUT2D eigenvalue weighted by Gasteiger charge is -2.08. The van der Waals surface area contributed by atoms with Crippen LogP contribution >= 0.6 is 15.9 Å². The molecular formula is C16H13BrN2O2. The van der Waals surface area contributed by atoms with Gasteiger partial charge in [0.1, 0.15) is 5.75 Å². The highest BCUT2D eigenvalue weighted by Gasteiger charge is 2.21. The number of hydrogen-bond donors (Lipinski definition) is 1. The smallest absolute Gasteiger partial charge is 0.180 e. The van der Waals surface area contributed by atoms with Crippen LogP contribution < -0.4 is 10.5 Å². The van der Waals surface area contributed by atoms with E-state index in [0.717, 1.165) is 21.2 Å². The molecule has 1 heterocycles. The van der Waals surface area contributed by atoms with Gasteiger partial charge in [-0.25, -0.2) is 0 Å². The maximum absolute atomic E-state index is 6.00. The van der Waals surface area contributed by atoms with Gasteiger partial charge in [-0.2, -0.15) is 0 Å². The van der Waals surface area contributed by atoms with Crippen LogP contribution in [-0.2, 0) is 0 Å². The minimum Gasteiger partial charge on any atom is -0.496 e. The van der Waals surface area contributed by atoms with Crippen molar-refractivity contribution in [1.82, 2.24) is 5.16 Å². The monoisotopic (exact) mass is 344 g/mol. The van der Waals surface area contributed by atoms with Crippen molar-refractivity contribution in [1.29, 1.82) is 0 Å². The summed E-state index contributed by atoms with van der Waals surface area (Å²) >= 11 is 3.54. The lowest BCUT2D eigenvalue weighted by molar-refractivity contribution is 0.407. The summed E-state index contributed by atoms with van der Waals surface area (Å²) in [5, 5.41) is 3.91. The minimum atomic E-state index is 0.350. The van der Waals surface area contributed by atoms with E-state index in [4.69, 9.17) is 15.0 Å². The summed E-state index contributed by atoms with van der Waals surface area (Å²) in [4.78, 5) is 0. The fraction of sp³-hybridized carbons (Fsp3) is 0.0625. The van der Waals surface area contributed by atoms with Crippen LogP contribution in [0, 0.1) is 0 Å². The van der Waals surface area contributed by atoms with Gasteiger partial charge < -0.3 is 15.0 Å². The topological polar surface area (TPSA) is 61.3 Å². The molecule has 4 nitrogen and oxygen atoms in total. The Morgan fingerprint density at radius 1 is 1.05 bits per heavy atom. The maximum atomic E-state index is 6.00. The summed E-state index contributed by atoms with van der Waals surface area (Å²) in [6, 6.07) is 15.4. The maximum Gasteiger partial charge on any atom is 0.180 e. The number of halogens is 1. The number of rotatable bonds is 3. The number of nitrogens with zero attached hydrogens (tertiary/aromatic N) is 1. The van der Waals surface area contributed by atoms with Crippen molar-refractivity contribution < 1.29 is 9.26 Å². The number of ether oxygens (including phenoxy) is 1. The molecule has 1 aromatic heterocycles. The van der Waals surface area contributed by atoms with Crippen LogP contribution in [0.15, 0.2) is 57.5 Å². The molecule has 0 saturated heterocycles. The van der Waals surface area contributed by atoms with Crippen molar-refractivity contribution in [2.24, 2.45) is 0 Å². The van der Waals surface area contributed by atoms with Gasteiger partial charge in [-0.05, 0) is 18.2 Å². The van der Waals surface area contributed by atoms with E-state index in [1.54, 1.807) is 7.11 Å². The first-order valence-corrected chi connectivity index (χ1v) is 7.15. The number of nitrogens with two attached hydrogens (primary N) is 1. The molecule has 0 amide bonds. The Bertz CT molecular complexity index is 783. The van der Waals surface area contributed by atoms with E-state index >= 15 is 0 Å². The third kappa shape index (κ3) is 2.40. The number of aromatic nitrogens is 1. The predicted octanol–water partition coefficient (Wildman–Crippen LogP) is 4.36. The van der Waals surface area contributed by atoms with Crippen molar-refractivity contribution in [3.63, 3.8) is 0 Å². The van der Waals surface area contributed by atoms with Gasteiger partial charge in [0.2, 0.25) is 0 Å². The van der Waals surface area contributed by atoms with Crippen LogP contribution in [0.3, 0.4) is 0 Å². The first-order chi connectivity index (χ1) is 10.2. The minimum absolute atomic E-state index is 0.350. The lowest BCUT2D eigenvalue weighted by Crippen LogP contribution is -1.91. The van der Waals surface area contributed by atoms with Gasteiger partial charge in [0.25, 0.3) is 0 Å². The van der Waals surface area contributed by atoms with E-state index in [1.807, 2.05) is 48.5 Å². The Hall–Kier alpha value is -2.27. The highest BCUT2D eigenvalue weighted by molar-refractivity contribution is 9.10. The van der Waals surface area contributed by atoms with Gasteiger partial charge in [-0.15, -0.1) is 0 Å². The summed E-state index contributed by atoms with van der Waals surface area (Å²) in [6.07, 6.45) is 0. The van der Waals surface area contributed by atoms with Crippen LogP contribution in [0.5, 0.6) is 5.75 Å². The molecule has 5 heteroatoms. The van der Waals surface area contributed by atoms with Gasteiger partial charge in [0.15, 0.2) is 11.6 Å². The van der Waals surface area contributed by atoms with E-state index in [1.165, 1.54) is 0 Å². The Morgan fingerprint density at radius 2 is 1.71 bits per heavy atom. The van der Waals surface area contributed by atoms with Crippen molar-refractivity contribution >= 4 is 21.7 Å². The quantitative estimate of drug-likeness (QED) is 0.766. The molecule has 2 N–H and O–H groups in total. The zero-order chi connectivity index (χ0) is 14.8. The molecule has 0 spiro atoms. The third-order valence-corrected chi connectivity index (χ3v) is 3.90. The van der Waals surface area contributed by atoms with Crippen molar-refractivity contribution in [3.8, 4) is 28.2 Å². The second kappa shape index (κ2) is 5.61. The van der Waals surface area contributed by atoms with Gasteiger partial charge >= 0.3 is 0 Å². The molecule has 2 aromatic carbocycles. The Kier molecular flexibility index (Phi) is 3.66. The molecule has 0 aliphatic rings. The molecule has 0 fully saturated rings. The number of methoxy groups -OCH3 is 1. The molecule has 0 saturated carbocycles. The van der Waals surface area contributed by atoms with E-state index in [9.17, 15) is 0 Å². The predicted molar refractivity (Wildman–Crippen MR) is 86.0 cm³/mol. The number of nitrogen functional groups attached to an aromatic ring is 1. The van der Waals surface area contributed by atoms with E-state index < -0.39 is 0 Å². The fourth-order valence-corrected chi connectivity index (χ4v) is 2.73. The molecule has 0 radical (unpaired) electrons. The van der Waals surface area contributed by atoms with E-state index in [2.05, 4.69) is 21.1 Å². The first-order valence-electron chi connectivity index (χ1n) is 6.36. The fourth-order valence-electron chi connectivity index (χ4n) is 2.24. The molecule has 3 rings (SSSR count).